The molecule has 31 heavy (non-hydrogen) atoms. The number of sulfonamides is 2. The lowest BCUT2D eigenvalue weighted by molar-refractivity contribution is 0.102. The van der Waals surface area contributed by atoms with Crippen LogP contribution in [-0.2, 0) is 20.0 Å². The topological polar surface area (TPSA) is 122 Å². The van der Waals surface area contributed by atoms with Crippen molar-refractivity contribution in [3.63, 3.8) is 0 Å². The Hall–Kier alpha value is -2.47. The van der Waals surface area contributed by atoms with E-state index in [4.69, 9.17) is 4.74 Å². The van der Waals surface area contributed by atoms with Crippen LogP contribution in [0.3, 0.4) is 0 Å². The van der Waals surface area contributed by atoms with Crippen molar-refractivity contribution in [3.05, 3.63) is 48.0 Å². The van der Waals surface area contributed by atoms with E-state index in [0.29, 0.717) is 18.8 Å². The van der Waals surface area contributed by atoms with Crippen molar-refractivity contribution in [2.45, 2.75) is 30.6 Å². The molecule has 0 unspecified atom stereocenters. The van der Waals surface area contributed by atoms with Gasteiger partial charge in [-0.25, -0.2) is 21.6 Å². The lowest BCUT2D eigenvalue weighted by atomic mass is 10.2. The van der Waals surface area contributed by atoms with E-state index < -0.39 is 26.0 Å². The van der Waals surface area contributed by atoms with Gasteiger partial charge in [0.1, 0.15) is 5.75 Å². The first-order valence-electron chi connectivity index (χ1n) is 9.69. The highest BCUT2D eigenvalue weighted by molar-refractivity contribution is 7.89. The SMILES string of the molecule is CCNS(=O)(=O)c1ccc(OC)c(C(=O)Nc2ccc(S(=O)(=O)N(CC)CC)cc2)c1. The van der Waals surface area contributed by atoms with Gasteiger partial charge in [0.2, 0.25) is 20.0 Å². The van der Waals surface area contributed by atoms with Crippen molar-refractivity contribution in [1.29, 1.82) is 0 Å². The number of benzene rings is 2. The first-order valence-corrected chi connectivity index (χ1v) is 12.6. The monoisotopic (exact) mass is 469 g/mol. The average Bonchev–Trinajstić information content (AvgIpc) is 2.74. The molecule has 0 aliphatic rings. The summed E-state index contributed by atoms with van der Waals surface area (Å²) in [5.41, 5.74) is 0.381. The molecule has 0 bridgehead atoms. The summed E-state index contributed by atoms with van der Waals surface area (Å²) < 4.78 is 58.6. The second-order valence-corrected chi connectivity index (χ2v) is 10.1. The Morgan fingerprint density at radius 2 is 1.52 bits per heavy atom. The highest BCUT2D eigenvalue weighted by Gasteiger charge is 2.22. The number of nitrogens with zero attached hydrogens (tertiary/aromatic N) is 1. The fourth-order valence-electron chi connectivity index (χ4n) is 2.93. The number of carbonyl (C=O) groups excluding carboxylic acids is 1. The number of carbonyl (C=O) groups is 1. The predicted octanol–water partition coefficient (Wildman–Crippen LogP) is 2.28. The molecule has 0 aliphatic carbocycles. The van der Waals surface area contributed by atoms with Crippen molar-refractivity contribution in [3.8, 4) is 5.75 Å². The van der Waals surface area contributed by atoms with Crippen LogP contribution in [0.2, 0.25) is 0 Å². The first kappa shape index (κ1) is 24.8. The number of nitrogens with one attached hydrogen (secondary N) is 2. The second kappa shape index (κ2) is 10.2. The van der Waals surface area contributed by atoms with Gasteiger partial charge in [-0.15, -0.1) is 0 Å². The molecule has 2 aromatic carbocycles. The summed E-state index contributed by atoms with van der Waals surface area (Å²) in [4.78, 5) is 12.8. The summed E-state index contributed by atoms with van der Waals surface area (Å²) in [5, 5.41) is 2.64. The molecule has 0 aliphatic heterocycles. The van der Waals surface area contributed by atoms with E-state index in [1.165, 1.54) is 53.9 Å². The second-order valence-electron chi connectivity index (χ2n) is 6.43. The molecule has 0 fully saturated rings. The molecule has 0 heterocycles. The van der Waals surface area contributed by atoms with Crippen LogP contribution in [0.25, 0.3) is 0 Å². The van der Waals surface area contributed by atoms with Gasteiger partial charge in [0.05, 0.1) is 22.5 Å². The van der Waals surface area contributed by atoms with Crippen LogP contribution >= 0.6 is 0 Å². The predicted molar refractivity (Wildman–Crippen MR) is 118 cm³/mol. The van der Waals surface area contributed by atoms with Gasteiger partial charge in [-0.2, -0.15) is 4.31 Å². The van der Waals surface area contributed by atoms with Gasteiger partial charge in [0.15, 0.2) is 0 Å². The van der Waals surface area contributed by atoms with Crippen LogP contribution in [0.4, 0.5) is 5.69 Å². The van der Waals surface area contributed by atoms with E-state index in [9.17, 15) is 21.6 Å². The largest absolute Gasteiger partial charge is 0.496 e. The molecule has 0 saturated carbocycles. The molecule has 2 N–H and O–H groups in total. The highest BCUT2D eigenvalue weighted by Crippen LogP contribution is 2.24. The number of rotatable bonds is 10. The molecule has 1 amide bonds. The van der Waals surface area contributed by atoms with Gasteiger partial charge in [0, 0.05) is 25.3 Å². The third kappa shape index (κ3) is 5.62. The summed E-state index contributed by atoms with van der Waals surface area (Å²) >= 11 is 0. The fourth-order valence-corrected chi connectivity index (χ4v) is 5.45. The maximum absolute atomic E-state index is 12.8. The minimum atomic E-state index is -3.76. The summed E-state index contributed by atoms with van der Waals surface area (Å²) in [6.07, 6.45) is 0. The molecule has 0 radical (unpaired) electrons. The molecule has 0 spiro atoms. The first-order chi connectivity index (χ1) is 14.6. The normalized spacial score (nSPS) is 12.0. The molecule has 2 aromatic rings. The number of anilines is 1. The van der Waals surface area contributed by atoms with Crippen LogP contribution in [0, 0.1) is 0 Å². The van der Waals surface area contributed by atoms with Gasteiger partial charge in [-0.3, -0.25) is 4.79 Å². The Kier molecular flexibility index (Phi) is 8.18. The van der Waals surface area contributed by atoms with Gasteiger partial charge in [0.25, 0.3) is 5.91 Å². The third-order valence-electron chi connectivity index (χ3n) is 4.52. The van der Waals surface area contributed by atoms with E-state index in [0.717, 1.165) is 0 Å². The van der Waals surface area contributed by atoms with Crippen LogP contribution in [0.15, 0.2) is 52.3 Å². The average molecular weight is 470 g/mol. The molecule has 170 valence electrons. The van der Waals surface area contributed by atoms with Gasteiger partial charge >= 0.3 is 0 Å². The number of hydrogen-bond acceptors (Lipinski definition) is 6. The molecule has 11 heteroatoms. The van der Waals surface area contributed by atoms with Crippen molar-refractivity contribution in [2.24, 2.45) is 0 Å². The van der Waals surface area contributed by atoms with Gasteiger partial charge in [-0.1, -0.05) is 20.8 Å². The molecule has 0 atom stereocenters. The van der Waals surface area contributed by atoms with Crippen LogP contribution < -0.4 is 14.8 Å². The molecule has 9 nitrogen and oxygen atoms in total. The van der Waals surface area contributed by atoms with E-state index in [1.54, 1.807) is 20.8 Å². The van der Waals surface area contributed by atoms with E-state index >= 15 is 0 Å². The Morgan fingerprint density at radius 1 is 0.935 bits per heavy atom. The summed E-state index contributed by atoms with van der Waals surface area (Å²) in [6.45, 7) is 6.07. The Balaban J connectivity index is 2.31. The van der Waals surface area contributed by atoms with Crippen molar-refractivity contribution < 1.29 is 26.4 Å². The fraction of sp³-hybridized carbons (Fsp3) is 0.350. The highest BCUT2D eigenvalue weighted by atomic mass is 32.2. The number of amides is 1. The number of methoxy groups -OCH3 is 1. The number of ether oxygens (including phenoxy) is 1. The molecular weight excluding hydrogens is 442 g/mol. The quantitative estimate of drug-likeness (QED) is 0.551. The van der Waals surface area contributed by atoms with Gasteiger partial charge < -0.3 is 10.1 Å². The zero-order chi connectivity index (χ0) is 23.2. The summed E-state index contributed by atoms with van der Waals surface area (Å²) in [5.74, 6) is -0.390. The van der Waals surface area contributed by atoms with Crippen molar-refractivity contribution in [2.75, 3.05) is 32.1 Å². The maximum atomic E-state index is 12.8. The zero-order valence-corrected chi connectivity index (χ0v) is 19.5. The molecular formula is C20H27N3O6S2. The summed E-state index contributed by atoms with van der Waals surface area (Å²) in [6, 6.07) is 9.74. The van der Waals surface area contributed by atoms with Crippen LogP contribution in [-0.4, -0.2) is 53.8 Å². The Morgan fingerprint density at radius 3 is 2.03 bits per heavy atom. The van der Waals surface area contributed by atoms with Crippen molar-refractivity contribution >= 4 is 31.6 Å². The van der Waals surface area contributed by atoms with E-state index in [-0.39, 0.29) is 27.6 Å². The molecule has 0 saturated heterocycles. The van der Waals surface area contributed by atoms with Crippen molar-refractivity contribution in [1.82, 2.24) is 9.03 Å². The Labute approximate surface area is 183 Å². The summed E-state index contributed by atoms with van der Waals surface area (Å²) in [7, 11) is -5.99. The smallest absolute Gasteiger partial charge is 0.259 e. The lowest BCUT2D eigenvalue weighted by Crippen LogP contribution is -2.30. The minimum absolute atomic E-state index is 0.0290. The van der Waals surface area contributed by atoms with Crippen LogP contribution in [0.5, 0.6) is 5.75 Å². The third-order valence-corrected chi connectivity index (χ3v) is 8.12. The Bertz CT molecular complexity index is 1130. The van der Waals surface area contributed by atoms with Crippen LogP contribution in [0.1, 0.15) is 31.1 Å². The van der Waals surface area contributed by atoms with Gasteiger partial charge in [-0.05, 0) is 42.5 Å². The lowest BCUT2D eigenvalue weighted by Gasteiger charge is -2.18. The maximum Gasteiger partial charge on any atom is 0.259 e. The molecule has 0 aromatic heterocycles. The minimum Gasteiger partial charge on any atom is -0.496 e. The number of hydrogen-bond donors (Lipinski definition) is 2. The zero-order valence-electron chi connectivity index (χ0n) is 17.9. The van der Waals surface area contributed by atoms with E-state index in [2.05, 4.69) is 10.0 Å². The van der Waals surface area contributed by atoms with E-state index in [1.807, 2.05) is 0 Å². The molecule has 2 rings (SSSR count). The standard InChI is InChI=1S/C20H27N3O6S2/c1-5-21-30(25,26)17-12-13-19(29-4)18(14-17)20(24)22-15-8-10-16(11-9-15)31(27,28)23(6-2)7-3/h8-14,21H,5-7H2,1-4H3,(H,22,24).